The zero-order chi connectivity index (χ0) is 17.8. The summed E-state index contributed by atoms with van der Waals surface area (Å²) in [6.07, 6.45) is 1.62. The second-order valence-electron chi connectivity index (χ2n) is 5.48. The minimum atomic E-state index is -0.941. The number of amides is 1. The molecule has 0 aliphatic heterocycles. The van der Waals surface area contributed by atoms with Crippen LogP contribution in [0.25, 0.3) is 11.0 Å². The van der Waals surface area contributed by atoms with Crippen LogP contribution < -0.4 is 5.32 Å². The summed E-state index contributed by atoms with van der Waals surface area (Å²) in [7, 11) is -0.941. The molecular weight excluding hydrogens is 376 g/mol. The first-order valence-electron chi connectivity index (χ1n) is 7.68. The van der Waals surface area contributed by atoms with E-state index in [0.717, 1.165) is 21.0 Å². The number of carbonyl (C=O) groups is 1. The molecule has 0 saturated carbocycles. The van der Waals surface area contributed by atoms with Gasteiger partial charge in [-0.05, 0) is 13.0 Å². The summed E-state index contributed by atoms with van der Waals surface area (Å²) in [5.74, 6) is 1.08. The van der Waals surface area contributed by atoms with Crippen molar-refractivity contribution >= 4 is 50.8 Å². The van der Waals surface area contributed by atoms with Crippen LogP contribution >= 0.6 is 23.1 Å². The molecule has 2 aromatic heterocycles. The highest BCUT2D eigenvalue weighted by Gasteiger charge is 2.20. The fourth-order valence-electron chi connectivity index (χ4n) is 2.35. The van der Waals surface area contributed by atoms with Crippen molar-refractivity contribution in [3.8, 4) is 0 Å². The number of carbonyl (C=O) groups excluding carboxylic acids is 1. The summed E-state index contributed by atoms with van der Waals surface area (Å²) in [4.78, 5) is 17.0. The van der Waals surface area contributed by atoms with Crippen LogP contribution in [0.15, 0.2) is 38.4 Å². The van der Waals surface area contributed by atoms with E-state index in [4.69, 9.17) is 4.42 Å². The first-order chi connectivity index (χ1) is 12.0. The standard InChI is InChI=1S/C17H18N2O3S3/c1-11-9-23-17(19-11)24-10-13-12-5-3-4-6-14(12)22-15(13)16(20)18-7-8-25(2)21/h3-6,9H,7-8,10H2,1-2H3,(H,18,20). The van der Waals surface area contributed by atoms with Crippen LogP contribution in [-0.4, -0.2) is 33.7 Å². The largest absolute Gasteiger partial charge is 0.451 e. The molecule has 0 fully saturated rings. The highest BCUT2D eigenvalue weighted by molar-refractivity contribution is 8.00. The number of aromatic nitrogens is 1. The van der Waals surface area contributed by atoms with Gasteiger partial charge in [-0.15, -0.1) is 11.3 Å². The number of nitrogens with zero attached hydrogens (tertiary/aromatic N) is 1. The van der Waals surface area contributed by atoms with Crippen molar-refractivity contribution in [2.75, 3.05) is 18.6 Å². The number of hydrogen-bond acceptors (Lipinski definition) is 6. The lowest BCUT2D eigenvalue weighted by Gasteiger charge is -2.04. The molecule has 0 radical (unpaired) electrons. The number of thiazole rings is 1. The second-order valence-corrected chi connectivity index (χ2v) is 9.12. The van der Waals surface area contributed by atoms with Crippen molar-refractivity contribution in [3.63, 3.8) is 0 Å². The zero-order valence-electron chi connectivity index (χ0n) is 13.9. The van der Waals surface area contributed by atoms with E-state index in [0.29, 0.717) is 29.4 Å². The van der Waals surface area contributed by atoms with E-state index in [-0.39, 0.29) is 5.91 Å². The lowest BCUT2D eigenvalue weighted by Crippen LogP contribution is -2.27. The number of thioether (sulfide) groups is 1. The summed E-state index contributed by atoms with van der Waals surface area (Å²) in [6.45, 7) is 2.32. The van der Waals surface area contributed by atoms with Crippen LogP contribution in [-0.2, 0) is 16.6 Å². The Morgan fingerprint density at radius 3 is 2.92 bits per heavy atom. The fourth-order valence-corrected chi connectivity index (χ4v) is 4.61. The number of aryl methyl sites for hydroxylation is 1. The Balaban J connectivity index is 1.83. The van der Waals surface area contributed by atoms with E-state index in [1.807, 2.05) is 36.6 Å². The predicted molar refractivity (Wildman–Crippen MR) is 104 cm³/mol. The molecule has 1 aromatic carbocycles. The maximum atomic E-state index is 12.5. The molecule has 1 N–H and O–H groups in total. The molecule has 132 valence electrons. The van der Waals surface area contributed by atoms with Crippen molar-refractivity contribution in [3.05, 3.63) is 46.7 Å². The number of hydrogen-bond donors (Lipinski definition) is 1. The average Bonchev–Trinajstić information content (AvgIpc) is 3.16. The summed E-state index contributed by atoms with van der Waals surface area (Å²) in [6, 6.07) is 7.63. The van der Waals surface area contributed by atoms with E-state index >= 15 is 0 Å². The molecule has 3 aromatic rings. The highest BCUT2D eigenvalue weighted by Crippen LogP contribution is 2.33. The molecule has 0 bridgehead atoms. The normalized spacial score (nSPS) is 12.4. The number of rotatable bonds is 7. The van der Waals surface area contributed by atoms with Gasteiger partial charge in [0.1, 0.15) is 9.92 Å². The molecule has 0 aliphatic rings. The summed E-state index contributed by atoms with van der Waals surface area (Å²) in [5.41, 5.74) is 2.55. The van der Waals surface area contributed by atoms with E-state index in [1.165, 1.54) is 0 Å². The lowest BCUT2D eigenvalue weighted by molar-refractivity contribution is 0.0929. The van der Waals surface area contributed by atoms with Gasteiger partial charge in [0, 0.05) is 57.1 Å². The van der Waals surface area contributed by atoms with Gasteiger partial charge in [-0.25, -0.2) is 4.98 Å². The van der Waals surface area contributed by atoms with Gasteiger partial charge in [-0.1, -0.05) is 30.0 Å². The first kappa shape index (κ1) is 18.2. The minimum Gasteiger partial charge on any atom is -0.451 e. The molecule has 3 rings (SSSR count). The average molecular weight is 395 g/mol. The molecule has 1 amide bonds. The summed E-state index contributed by atoms with van der Waals surface area (Å²) >= 11 is 3.19. The monoisotopic (exact) mass is 394 g/mol. The molecular formula is C17H18N2O3S3. The minimum absolute atomic E-state index is 0.271. The Bertz CT molecular complexity index is 917. The van der Waals surface area contributed by atoms with Gasteiger partial charge in [0.2, 0.25) is 0 Å². The van der Waals surface area contributed by atoms with Gasteiger partial charge >= 0.3 is 0 Å². The summed E-state index contributed by atoms with van der Waals surface area (Å²) in [5, 5.41) is 5.73. The Labute approximate surface area is 156 Å². The van der Waals surface area contributed by atoms with Gasteiger partial charge in [0.25, 0.3) is 5.91 Å². The molecule has 0 spiro atoms. The van der Waals surface area contributed by atoms with E-state index in [1.54, 1.807) is 29.4 Å². The van der Waals surface area contributed by atoms with Crippen LogP contribution in [0.5, 0.6) is 0 Å². The van der Waals surface area contributed by atoms with Gasteiger partial charge in [0.05, 0.1) is 0 Å². The van der Waals surface area contributed by atoms with E-state index < -0.39 is 10.8 Å². The van der Waals surface area contributed by atoms with Crippen LogP contribution in [0.4, 0.5) is 0 Å². The topological polar surface area (TPSA) is 72.2 Å². The van der Waals surface area contributed by atoms with Crippen LogP contribution in [0.3, 0.4) is 0 Å². The van der Waals surface area contributed by atoms with Crippen LogP contribution in [0.2, 0.25) is 0 Å². The lowest BCUT2D eigenvalue weighted by atomic mass is 10.1. The maximum absolute atomic E-state index is 12.5. The van der Waals surface area contributed by atoms with Crippen molar-refractivity contribution in [1.82, 2.24) is 10.3 Å². The molecule has 0 aliphatic carbocycles. The zero-order valence-corrected chi connectivity index (χ0v) is 16.4. The number of para-hydroxylation sites is 1. The number of fused-ring (bicyclic) bond motifs is 1. The van der Waals surface area contributed by atoms with Crippen molar-refractivity contribution in [2.45, 2.75) is 17.0 Å². The number of nitrogens with one attached hydrogen (secondary N) is 1. The summed E-state index contributed by atoms with van der Waals surface area (Å²) < 4.78 is 17.9. The van der Waals surface area contributed by atoms with Crippen LogP contribution in [0, 0.1) is 6.92 Å². The molecule has 1 atom stereocenters. The number of benzene rings is 1. The van der Waals surface area contributed by atoms with Gasteiger partial charge < -0.3 is 9.73 Å². The van der Waals surface area contributed by atoms with E-state index in [2.05, 4.69) is 10.3 Å². The third-order valence-electron chi connectivity index (χ3n) is 3.52. The number of furan rings is 1. The molecule has 25 heavy (non-hydrogen) atoms. The predicted octanol–water partition coefficient (Wildman–Crippen LogP) is 3.60. The molecule has 1 unspecified atom stereocenters. The quantitative estimate of drug-likeness (QED) is 0.620. The van der Waals surface area contributed by atoms with Gasteiger partial charge in [-0.2, -0.15) is 0 Å². The second kappa shape index (κ2) is 8.16. The Morgan fingerprint density at radius 2 is 2.20 bits per heavy atom. The first-order valence-corrected chi connectivity index (χ1v) is 11.3. The van der Waals surface area contributed by atoms with Crippen LogP contribution in [0.1, 0.15) is 21.8 Å². The van der Waals surface area contributed by atoms with Crippen molar-refractivity contribution in [1.29, 1.82) is 0 Å². The Kier molecular flexibility index (Phi) is 5.93. The Morgan fingerprint density at radius 1 is 1.40 bits per heavy atom. The van der Waals surface area contributed by atoms with Crippen molar-refractivity contribution in [2.24, 2.45) is 0 Å². The van der Waals surface area contributed by atoms with Gasteiger partial charge in [0.15, 0.2) is 5.76 Å². The smallest absolute Gasteiger partial charge is 0.287 e. The molecule has 8 heteroatoms. The molecule has 0 saturated heterocycles. The molecule has 5 nitrogen and oxygen atoms in total. The molecule has 2 heterocycles. The van der Waals surface area contributed by atoms with Gasteiger partial charge in [-0.3, -0.25) is 9.00 Å². The fraction of sp³-hybridized carbons (Fsp3) is 0.294. The highest BCUT2D eigenvalue weighted by atomic mass is 32.2. The third-order valence-corrected chi connectivity index (χ3v) is 6.46. The SMILES string of the molecule is Cc1csc(SCc2c(C(=O)NCCS(C)=O)oc3ccccc23)n1. The maximum Gasteiger partial charge on any atom is 0.287 e. The third kappa shape index (κ3) is 4.50. The van der Waals surface area contributed by atoms with Crippen molar-refractivity contribution < 1.29 is 13.4 Å². The Hall–Kier alpha value is -1.64. The van der Waals surface area contributed by atoms with E-state index in [9.17, 15) is 9.00 Å².